The average Bonchev–Trinajstić information content (AvgIpc) is 3.26. The summed E-state index contributed by atoms with van der Waals surface area (Å²) in [5.41, 5.74) is 3.13. The van der Waals surface area contributed by atoms with Crippen molar-refractivity contribution in [3.8, 4) is 0 Å². The summed E-state index contributed by atoms with van der Waals surface area (Å²) in [6.45, 7) is 4.03. The third-order valence-electron chi connectivity index (χ3n) is 4.66. The lowest BCUT2D eigenvalue weighted by Gasteiger charge is -2.12. The molecule has 0 bridgehead atoms. The topological polar surface area (TPSA) is 72.7 Å². The van der Waals surface area contributed by atoms with Crippen LogP contribution < -0.4 is 5.32 Å². The number of aryl methyl sites for hydroxylation is 2. The molecule has 25 heavy (non-hydrogen) atoms. The van der Waals surface area contributed by atoms with Gasteiger partial charge in [-0.05, 0) is 54.7 Å². The summed E-state index contributed by atoms with van der Waals surface area (Å²) in [4.78, 5) is 12.2. The Morgan fingerprint density at radius 1 is 1.28 bits per heavy atom. The zero-order chi connectivity index (χ0) is 17.6. The number of rotatable bonds is 7. The van der Waals surface area contributed by atoms with Gasteiger partial charge in [0.05, 0.1) is 6.04 Å². The first-order valence-electron chi connectivity index (χ1n) is 8.92. The number of anilines is 1. The van der Waals surface area contributed by atoms with E-state index in [2.05, 4.69) is 20.8 Å². The highest BCUT2D eigenvalue weighted by atomic mass is 32.2. The van der Waals surface area contributed by atoms with Crippen LogP contribution in [-0.4, -0.2) is 31.9 Å². The molecular formula is C18H25N5OS. The number of amides is 1. The van der Waals surface area contributed by atoms with E-state index in [0.717, 1.165) is 47.0 Å². The van der Waals surface area contributed by atoms with Crippen molar-refractivity contribution in [1.82, 2.24) is 20.2 Å². The fourth-order valence-electron chi connectivity index (χ4n) is 3.27. The first-order valence-corrected chi connectivity index (χ1v) is 9.90. The fraction of sp³-hybridized carbons (Fsp3) is 0.556. The van der Waals surface area contributed by atoms with E-state index in [-0.39, 0.29) is 5.91 Å². The molecule has 1 heterocycles. The summed E-state index contributed by atoms with van der Waals surface area (Å²) in [6.07, 6.45) is 6.15. The number of nitrogens with one attached hydrogen (secondary N) is 1. The highest BCUT2D eigenvalue weighted by Crippen LogP contribution is 2.31. The molecule has 1 saturated carbocycles. The largest absolute Gasteiger partial charge is 0.326 e. The van der Waals surface area contributed by atoms with E-state index in [1.807, 2.05) is 36.7 Å². The van der Waals surface area contributed by atoms with Crippen LogP contribution >= 0.6 is 11.8 Å². The maximum Gasteiger partial charge on any atom is 0.224 e. The van der Waals surface area contributed by atoms with Gasteiger partial charge in [0.2, 0.25) is 11.1 Å². The second kappa shape index (κ2) is 8.47. The number of thioether (sulfide) groups is 1. The highest BCUT2D eigenvalue weighted by molar-refractivity contribution is 7.99. The highest BCUT2D eigenvalue weighted by Gasteiger charge is 2.21. The Morgan fingerprint density at radius 3 is 2.72 bits per heavy atom. The summed E-state index contributed by atoms with van der Waals surface area (Å²) >= 11 is 1.64. The SMILES string of the molecule is Cc1cccc(C)c1NC(=O)CCCSc1nnnn1C1CCCC1. The van der Waals surface area contributed by atoms with Crippen LogP contribution in [-0.2, 0) is 4.79 Å². The van der Waals surface area contributed by atoms with Crippen LogP contribution in [0.25, 0.3) is 0 Å². The Kier molecular flexibility index (Phi) is 6.07. The summed E-state index contributed by atoms with van der Waals surface area (Å²) in [7, 11) is 0. The van der Waals surface area contributed by atoms with Gasteiger partial charge in [-0.3, -0.25) is 4.79 Å². The molecule has 7 heteroatoms. The number of tetrazole rings is 1. The third kappa shape index (κ3) is 4.60. The van der Waals surface area contributed by atoms with Crippen molar-refractivity contribution in [2.45, 2.75) is 63.6 Å². The third-order valence-corrected chi connectivity index (χ3v) is 5.68. The van der Waals surface area contributed by atoms with Crippen molar-refractivity contribution < 1.29 is 4.79 Å². The fourth-order valence-corrected chi connectivity index (χ4v) is 4.15. The zero-order valence-electron chi connectivity index (χ0n) is 14.9. The van der Waals surface area contributed by atoms with Gasteiger partial charge in [0.25, 0.3) is 0 Å². The minimum Gasteiger partial charge on any atom is -0.326 e. The molecule has 6 nitrogen and oxygen atoms in total. The molecule has 3 rings (SSSR count). The lowest BCUT2D eigenvalue weighted by atomic mass is 10.1. The molecule has 2 aromatic rings. The van der Waals surface area contributed by atoms with Gasteiger partial charge in [0.15, 0.2) is 0 Å². The normalized spacial score (nSPS) is 14.8. The maximum atomic E-state index is 12.2. The lowest BCUT2D eigenvalue weighted by Crippen LogP contribution is -2.13. The lowest BCUT2D eigenvalue weighted by molar-refractivity contribution is -0.116. The van der Waals surface area contributed by atoms with Crippen LogP contribution in [0, 0.1) is 13.8 Å². The van der Waals surface area contributed by atoms with Crippen molar-refractivity contribution in [3.63, 3.8) is 0 Å². The number of hydrogen-bond acceptors (Lipinski definition) is 5. The quantitative estimate of drug-likeness (QED) is 0.599. The van der Waals surface area contributed by atoms with Gasteiger partial charge >= 0.3 is 0 Å². The summed E-state index contributed by atoms with van der Waals surface area (Å²) in [5.74, 6) is 0.904. The number of para-hydroxylation sites is 1. The molecule has 1 N–H and O–H groups in total. The maximum absolute atomic E-state index is 12.2. The second-order valence-corrected chi connectivity index (χ2v) is 7.67. The van der Waals surface area contributed by atoms with Gasteiger partial charge in [-0.2, -0.15) is 0 Å². The zero-order valence-corrected chi connectivity index (χ0v) is 15.7. The molecule has 0 spiro atoms. The minimum atomic E-state index is 0.0633. The van der Waals surface area contributed by atoms with Gasteiger partial charge in [-0.15, -0.1) is 5.10 Å². The van der Waals surface area contributed by atoms with Crippen molar-refractivity contribution >= 4 is 23.4 Å². The van der Waals surface area contributed by atoms with Gasteiger partial charge in [-0.1, -0.05) is 42.8 Å². The van der Waals surface area contributed by atoms with E-state index in [9.17, 15) is 4.79 Å². The van der Waals surface area contributed by atoms with E-state index in [1.54, 1.807) is 11.8 Å². The molecule has 0 aliphatic heterocycles. The molecule has 1 aromatic carbocycles. The first kappa shape index (κ1) is 17.9. The molecule has 1 aliphatic carbocycles. The van der Waals surface area contributed by atoms with Crippen molar-refractivity contribution in [1.29, 1.82) is 0 Å². The van der Waals surface area contributed by atoms with E-state index >= 15 is 0 Å². The van der Waals surface area contributed by atoms with Crippen LogP contribution in [0.4, 0.5) is 5.69 Å². The van der Waals surface area contributed by atoms with Crippen LogP contribution in [0.2, 0.25) is 0 Å². The Labute approximate surface area is 152 Å². The number of aromatic nitrogens is 4. The average molecular weight is 359 g/mol. The number of carbonyl (C=O) groups excluding carboxylic acids is 1. The molecule has 1 amide bonds. The molecule has 1 aromatic heterocycles. The Balaban J connectivity index is 1.44. The summed E-state index contributed by atoms with van der Waals surface area (Å²) in [6, 6.07) is 6.48. The smallest absolute Gasteiger partial charge is 0.224 e. The molecule has 0 atom stereocenters. The van der Waals surface area contributed by atoms with Gasteiger partial charge < -0.3 is 5.32 Å². The molecule has 0 saturated heterocycles. The summed E-state index contributed by atoms with van der Waals surface area (Å²) < 4.78 is 1.97. The van der Waals surface area contributed by atoms with E-state index in [0.29, 0.717) is 12.5 Å². The van der Waals surface area contributed by atoms with Crippen LogP contribution in [0.3, 0.4) is 0 Å². The van der Waals surface area contributed by atoms with Crippen molar-refractivity contribution in [2.75, 3.05) is 11.1 Å². The monoisotopic (exact) mass is 359 g/mol. The predicted octanol–water partition coefficient (Wildman–Crippen LogP) is 3.92. The Hall–Kier alpha value is -1.89. The van der Waals surface area contributed by atoms with Gasteiger partial charge in [0, 0.05) is 17.9 Å². The number of hydrogen-bond donors (Lipinski definition) is 1. The number of carbonyl (C=O) groups is 1. The van der Waals surface area contributed by atoms with Gasteiger partial charge in [0.1, 0.15) is 0 Å². The number of benzene rings is 1. The Bertz CT molecular complexity index is 704. The molecule has 1 aliphatic rings. The minimum absolute atomic E-state index is 0.0633. The summed E-state index contributed by atoms with van der Waals surface area (Å²) in [5, 5.41) is 16.0. The van der Waals surface area contributed by atoms with E-state index in [1.165, 1.54) is 12.8 Å². The molecule has 1 fully saturated rings. The predicted molar refractivity (Wildman–Crippen MR) is 99.8 cm³/mol. The Morgan fingerprint density at radius 2 is 2.00 bits per heavy atom. The van der Waals surface area contributed by atoms with Crippen LogP contribution in [0.15, 0.2) is 23.4 Å². The standard InChI is InChI=1S/C18H25N5OS/c1-13-7-5-8-14(2)17(13)19-16(24)11-6-12-25-18-20-21-22-23(18)15-9-3-4-10-15/h5,7-8,15H,3-4,6,9-12H2,1-2H3,(H,19,24). The first-order chi connectivity index (χ1) is 12.1. The van der Waals surface area contributed by atoms with Crippen LogP contribution in [0.5, 0.6) is 0 Å². The van der Waals surface area contributed by atoms with E-state index < -0.39 is 0 Å². The van der Waals surface area contributed by atoms with Crippen LogP contribution in [0.1, 0.15) is 55.7 Å². The molecular weight excluding hydrogens is 334 g/mol. The molecule has 134 valence electrons. The molecule has 0 radical (unpaired) electrons. The van der Waals surface area contributed by atoms with Crippen molar-refractivity contribution in [2.24, 2.45) is 0 Å². The van der Waals surface area contributed by atoms with Gasteiger partial charge in [-0.25, -0.2) is 4.68 Å². The molecule has 0 unspecified atom stereocenters. The number of nitrogens with zero attached hydrogens (tertiary/aromatic N) is 4. The second-order valence-electron chi connectivity index (χ2n) is 6.61. The van der Waals surface area contributed by atoms with Crippen molar-refractivity contribution in [3.05, 3.63) is 29.3 Å². The van der Waals surface area contributed by atoms with E-state index in [4.69, 9.17) is 0 Å².